The zero-order chi connectivity index (χ0) is 15.6. The van der Waals surface area contributed by atoms with Gasteiger partial charge in [-0.25, -0.2) is 13.2 Å². The van der Waals surface area contributed by atoms with Gasteiger partial charge in [-0.2, -0.15) is 0 Å². The van der Waals surface area contributed by atoms with Gasteiger partial charge in [0, 0.05) is 6.04 Å². The number of rotatable bonds is 4. The highest BCUT2D eigenvalue weighted by Crippen LogP contribution is 2.24. The fraction of sp³-hybridized carbons (Fsp3) is 0.294. The molecule has 112 valence electrons. The van der Waals surface area contributed by atoms with Crippen LogP contribution in [0.2, 0.25) is 0 Å². The van der Waals surface area contributed by atoms with Gasteiger partial charge in [-0.15, -0.1) is 0 Å². The molecule has 0 aliphatic heterocycles. The van der Waals surface area contributed by atoms with Crippen molar-refractivity contribution in [2.75, 3.05) is 7.05 Å². The zero-order valence-electron chi connectivity index (χ0n) is 12.3. The van der Waals surface area contributed by atoms with Gasteiger partial charge in [0.25, 0.3) is 0 Å². The van der Waals surface area contributed by atoms with Crippen LogP contribution >= 0.6 is 0 Å². The van der Waals surface area contributed by atoms with Crippen LogP contribution in [-0.2, 0) is 6.42 Å². The molecule has 0 radical (unpaired) electrons. The number of likely N-dealkylation sites (N-methyl/N-ethyl adjacent to an activating group) is 1. The van der Waals surface area contributed by atoms with Crippen LogP contribution in [0.1, 0.15) is 28.3 Å². The Morgan fingerprint density at radius 2 is 1.62 bits per heavy atom. The molecule has 0 amide bonds. The summed E-state index contributed by atoms with van der Waals surface area (Å²) < 4.78 is 40.7. The molecular weight excluding hydrogens is 275 g/mol. The Morgan fingerprint density at radius 1 is 1.00 bits per heavy atom. The second kappa shape index (κ2) is 6.31. The highest BCUT2D eigenvalue weighted by Gasteiger charge is 2.16. The predicted octanol–water partition coefficient (Wildman–Crippen LogP) is 4.22. The van der Waals surface area contributed by atoms with Crippen molar-refractivity contribution in [3.05, 3.63) is 70.0 Å². The molecule has 4 heteroatoms. The number of benzene rings is 2. The second-order valence-corrected chi connectivity index (χ2v) is 5.23. The maximum Gasteiger partial charge on any atom is 0.162 e. The van der Waals surface area contributed by atoms with E-state index < -0.39 is 11.6 Å². The van der Waals surface area contributed by atoms with Crippen molar-refractivity contribution in [2.24, 2.45) is 0 Å². The lowest BCUT2D eigenvalue weighted by Gasteiger charge is -2.19. The average Bonchev–Trinajstić information content (AvgIpc) is 2.46. The summed E-state index contributed by atoms with van der Waals surface area (Å²) in [6.07, 6.45) is 0.296. The maximum atomic E-state index is 13.8. The molecule has 0 saturated heterocycles. The first-order valence-corrected chi connectivity index (χ1v) is 6.80. The largest absolute Gasteiger partial charge is 0.313 e. The van der Waals surface area contributed by atoms with Gasteiger partial charge in [0.05, 0.1) is 0 Å². The molecule has 1 unspecified atom stereocenters. The first-order chi connectivity index (χ1) is 9.93. The minimum Gasteiger partial charge on any atom is -0.313 e. The summed E-state index contributed by atoms with van der Waals surface area (Å²) in [6, 6.07) is 7.41. The third-order valence-corrected chi connectivity index (χ3v) is 3.67. The Bertz CT molecular complexity index is 629. The van der Waals surface area contributed by atoms with Crippen LogP contribution in [-0.4, -0.2) is 7.05 Å². The van der Waals surface area contributed by atoms with Crippen molar-refractivity contribution in [3.8, 4) is 0 Å². The highest BCUT2D eigenvalue weighted by molar-refractivity contribution is 5.33. The van der Waals surface area contributed by atoms with E-state index in [4.69, 9.17) is 0 Å². The van der Waals surface area contributed by atoms with Crippen molar-refractivity contribution in [1.82, 2.24) is 5.32 Å². The normalized spacial score (nSPS) is 12.5. The highest BCUT2D eigenvalue weighted by atomic mass is 19.2. The van der Waals surface area contributed by atoms with E-state index in [1.807, 2.05) is 0 Å². The van der Waals surface area contributed by atoms with Crippen LogP contribution in [0.5, 0.6) is 0 Å². The Labute approximate surface area is 122 Å². The fourth-order valence-corrected chi connectivity index (χ4v) is 2.49. The van der Waals surface area contributed by atoms with E-state index in [9.17, 15) is 13.2 Å². The van der Waals surface area contributed by atoms with Crippen molar-refractivity contribution in [1.29, 1.82) is 0 Å². The molecule has 0 bridgehead atoms. The zero-order valence-corrected chi connectivity index (χ0v) is 12.3. The van der Waals surface area contributed by atoms with E-state index in [2.05, 4.69) is 5.32 Å². The van der Waals surface area contributed by atoms with E-state index in [1.54, 1.807) is 39.1 Å². The van der Waals surface area contributed by atoms with Gasteiger partial charge < -0.3 is 5.32 Å². The van der Waals surface area contributed by atoms with Crippen molar-refractivity contribution in [2.45, 2.75) is 26.3 Å². The topological polar surface area (TPSA) is 12.0 Å². The monoisotopic (exact) mass is 293 g/mol. The molecule has 0 heterocycles. The van der Waals surface area contributed by atoms with E-state index >= 15 is 0 Å². The molecule has 0 spiro atoms. The smallest absolute Gasteiger partial charge is 0.162 e. The van der Waals surface area contributed by atoms with E-state index in [1.165, 1.54) is 6.07 Å². The molecule has 2 aromatic carbocycles. The lowest BCUT2D eigenvalue weighted by atomic mass is 9.95. The van der Waals surface area contributed by atoms with Crippen molar-refractivity contribution < 1.29 is 13.2 Å². The summed E-state index contributed by atoms with van der Waals surface area (Å²) in [5.41, 5.74) is 2.25. The van der Waals surface area contributed by atoms with Crippen LogP contribution in [0.25, 0.3) is 0 Å². The van der Waals surface area contributed by atoms with Gasteiger partial charge in [0.1, 0.15) is 5.82 Å². The van der Waals surface area contributed by atoms with Crippen LogP contribution in [0.3, 0.4) is 0 Å². The third-order valence-electron chi connectivity index (χ3n) is 3.67. The molecule has 1 atom stereocenters. The molecule has 1 N–H and O–H groups in total. The Hall–Kier alpha value is -1.81. The van der Waals surface area contributed by atoms with E-state index in [-0.39, 0.29) is 11.9 Å². The molecule has 2 rings (SSSR count). The quantitative estimate of drug-likeness (QED) is 0.890. The summed E-state index contributed by atoms with van der Waals surface area (Å²) in [7, 11) is 1.75. The standard InChI is InChI=1S/C17H18F3N/c1-10-7-13(8-11(2)16(10)19)15(21-3)9-12-5-4-6-14(18)17(12)20/h4-8,15,21H,9H2,1-3H3. The first kappa shape index (κ1) is 15.6. The van der Waals surface area contributed by atoms with Crippen LogP contribution in [0, 0.1) is 31.3 Å². The van der Waals surface area contributed by atoms with E-state index in [0.29, 0.717) is 23.1 Å². The molecule has 0 aliphatic rings. The molecule has 21 heavy (non-hydrogen) atoms. The third kappa shape index (κ3) is 3.27. The number of aryl methyl sites for hydroxylation is 2. The predicted molar refractivity (Wildman–Crippen MR) is 77.7 cm³/mol. The van der Waals surface area contributed by atoms with Crippen LogP contribution < -0.4 is 5.32 Å². The minimum atomic E-state index is -0.853. The molecular formula is C17H18F3N. The summed E-state index contributed by atoms with van der Waals surface area (Å²) in [5.74, 6) is -1.91. The first-order valence-electron chi connectivity index (χ1n) is 6.80. The number of nitrogens with one attached hydrogen (secondary N) is 1. The lowest BCUT2D eigenvalue weighted by Crippen LogP contribution is -2.20. The van der Waals surface area contributed by atoms with Gasteiger partial charge in [-0.3, -0.25) is 0 Å². The average molecular weight is 293 g/mol. The van der Waals surface area contributed by atoms with Crippen molar-refractivity contribution >= 4 is 0 Å². The van der Waals surface area contributed by atoms with E-state index in [0.717, 1.165) is 11.6 Å². The maximum absolute atomic E-state index is 13.8. The van der Waals surface area contributed by atoms with Gasteiger partial charge in [-0.05, 0) is 55.6 Å². The van der Waals surface area contributed by atoms with Gasteiger partial charge >= 0.3 is 0 Å². The number of hydrogen-bond acceptors (Lipinski definition) is 1. The molecule has 0 saturated carbocycles. The Kier molecular flexibility index (Phi) is 4.68. The number of hydrogen-bond donors (Lipinski definition) is 1. The Balaban J connectivity index is 2.34. The van der Waals surface area contributed by atoms with Gasteiger partial charge in [0.2, 0.25) is 0 Å². The van der Waals surface area contributed by atoms with Crippen LogP contribution in [0.4, 0.5) is 13.2 Å². The summed E-state index contributed by atoms with van der Waals surface area (Å²) in [6.45, 7) is 3.39. The van der Waals surface area contributed by atoms with Crippen molar-refractivity contribution in [3.63, 3.8) is 0 Å². The SMILES string of the molecule is CNC(Cc1cccc(F)c1F)c1cc(C)c(F)c(C)c1. The molecule has 0 fully saturated rings. The molecule has 1 nitrogen and oxygen atoms in total. The summed E-state index contributed by atoms with van der Waals surface area (Å²) in [4.78, 5) is 0. The molecule has 2 aromatic rings. The molecule has 0 aromatic heterocycles. The lowest BCUT2D eigenvalue weighted by molar-refractivity contribution is 0.486. The summed E-state index contributed by atoms with van der Waals surface area (Å²) in [5, 5.41) is 3.08. The van der Waals surface area contributed by atoms with Gasteiger partial charge in [-0.1, -0.05) is 24.3 Å². The summed E-state index contributed by atoms with van der Waals surface area (Å²) >= 11 is 0. The van der Waals surface area contributed by atoms with Gasteiger partial charge in [0.15, 0.2) is 11.6 Å². The van der Waals surface area contributed by atoms with Crippen LogP contribution in [0.15, 0.2) is 30.3 Å². The Morgan fingerprint density at radius 3 is 2.19 bits per heavy atom. The molecule has 0 aliphatic carbocycles. The number of halogens is 3. The second-order valence-electron chi connectivity index (χ2n) is 5.23. The fourth-order valence-electron chi connectivity index (χ4n) is 2.49. The minimum absolute atomic E-state index is 0.209.